The Kier molecular flexibility index (Phi) is 4.42. The first-order chi connectivity index (χ1) is 7.99. The van der Waals surface area contributed by atoms with E-state index in [0.717, 1.165) is 12.2 Å². The number of aliphatic hydroxyl groups is 1. The molecule has 1 atom stereocenters. The van der Waals surface area contributed by atoms with Gasteiger partial charge in [-0.25, -0.2) is 4.79 Å². The lowest BCUT2D eigenvalue weighted by atomic mass is 10.1. The number of aliphatic hydroxyl groups excluding tert-OH is 1. The minimum atomic E-state index is -1.18. The van der Waals surface area contributed by atoms with Crippen LogP contribution in [-0.4, -0.2) is 22.1 Å². The molecule has 1 aromatic carbocycles. The van der Waals surface area contributed by atoms with E-state index >= 15 is 0 Å². The van der Waals surface area contributed by atoms with E-state index in [0.29, 0.717) is 11.3 Å². The first kappa shape index (κ1) is 12.9. The largest absolute Gasteiger partial charge is 0.478 e. The normalized spacial score (nSPS) is 12.4. The van der Waals surface area contributed by atoms with E-state index in [1.807, 2.05) is 0 Å². The van der Waals surface area contributed by atoms with Crippen LogP contribution < -0.4 is 5.32 Å². The van der Waals surface area contributed by atoms with Crippen LogP contribution in [0.5, 0.6) is 0 Å². The highest BCUT2D eigenvalue weighted by Gasteiger charge is 2.03. The van der Waals surface area contributed by atoms with E-state index in [4.69, 9.17) is 5.11 Å². The number of carbonyl (C=O) groups is 2. The summed E-state index contributed by atoms with van der Waals surface area (Å²) in [6.07, 6.45) is 1.06. The molecule has 0 spiro atoms. The van der Waals surface area contributed by atoms with Gasteiger partial charge in [-0.3, -0.25) is 4.79 Å². The number of hydrogen-bond donors (Lipinski definition) is 3. The van der Waals surface area contributed by atoms with E-state index in [-0.39, 0.29) is 0 Å². The molecule has 1 amide bonds. The fraction of sp³-hybridized carbons (Fsp3) is 0.167. The molecule has 0 aliphatic carbocycles. The van der Waals surface area contributed by atoms with E-state index in [9.17, 15) is 14.7 Å². The number of anilines is 1. The quantitative estimate of drug-likeness (QED) is 0.687. The predicted molar refractivity (Wildman–Crippen MR) is 62.5 cm³/mol. The first-order valence-corrected chi connectivity index (χ1v) is 4.99. The maximum Gasteiger partial charge on any atom is 0.328 e. The van der Waals surface area contributed by atoms with Gasteiger partial charge in [0.25, 0.3) is 0 Å². The van der Waals surface area contributed by atoms with Crippen LogP contribution in [0.3, 0.4) is 0 Å². The summed E-state index contributed by atoms with van der Waals surface area (Å²) < 4.78 is 0. The van der Waals surface area contributed by atoms with Gasteiger partial charge in [-0.15, -0.1) is 0 Å². The number of carboxylic acid groups (broad SMARTS) is 1. The van der Waals surface area contributed by atoms with Crippen molar-refractivity contribution in [2.75, 3.05) is 5.32 Å². The lowest BCUT2D eigenvalue weighted by Crippen LogP contribution is -2.09. The summed E-state index contributed by atoms with van der Waals surface area (Å²) in [5.41, 5.74) is 1.17. The molecule has 0 bridgehead atoms. The van der Waals surface area contributed by atoms with Crippen molar-refractivity contribution < 1.29 is 19.8 Å². The second kappa shape index (κ2) is 5.81. The van der Waals surface area contributed by atoms with Crippen LogP contribution in [0.15, 0.2) is 36.4 Å². The standard InChI is InChI=1S/C12H13NO4/c1-8(14)9-3-2-4-10(7-9)13-11(15)5-6-12(16)17/h2-8,14H,1H3,(H,13,15)(H,16,17)/t8-/m1/s1. The molecule has 90 valence electrons. The summed E-state index contributed by atoms with van der Waals surface area (Å²) in [6.45, 7) is 1.62. The zero-order valence-electron chi connectivity index (χ0n) is 9.25. The maximum atomic E-state index is 11.3. The van der Waals surface area contributed by atoms with Gasteiger partial charge < -0.3 is 15.5 Å². The smallest absolute Gasteiger partial charge is 0.328 e. The lowest BCUT2D eigenvalue weighted by molar-refractivity contribution is -0.131. The molecule has 0 saturated heterocycles. The number of carboxylic acids is 1. The number of amides is 1. The molecule has 0 radical (unpaired) electrons. The SMILES string of the molecule is C[C@@H](O)c1cccc(NC(=O)C=CC(=O)O)c1. The molecule has 3 N–H and O–H groups in total. The average molecular weight is 235 g/mol. The van der Waals surface area contributed by atoms with Gasteiger partial charge in [-0.1, -0.05) is 12.1 Å². The topological polar surface area (TPSA) is 86.6 Å². The average Bonchev–Trinajstić information content (AvgIpc) is 2.26. The van der Waals surface area contributed by atoms with E-state index < -0.39 is 18.0 Å². The fourth-order valence-electron chi connectivity index (χ4n) is 1.21. The van der Waals surface area contributed by atoms with Crippen molar-refractivity contribution in [3.05, 3.63) is 42.0 Å². The minimum absolute atomic E-state index is 0.503. The number of nitrogens with one attached hydrogen (secondary N) is 1. The Balaban J connectivity index is 2.72. The van der Waals surface area contributed by atoms with E-state index in [1.54, 1.807) is 31.2 Å². The van der Waals surface area contributed by atoms with Crippen LogP contribution in [0.4, 0.5) is 5.69 Å². The molecule has 0 aromatic heterocycles. The Morgan fingerprint density at radius 3 is 2.65 bits per heavy atom. The highest BCUT2D eigenvalue weighted by atomic mass is 16.4. The third kappa shape index (κ3) is 4.48. The van der Waals surface area contributed by atoms with Gasteiger partial charge in [0, 0.05) is 17.8 Å². The number of hydrogen-bond acceptors (Lipinski definition) is 3. The second-order valence-corrected chi connectivity index (χ2v) is 3.46. The van der Waals surface area contributed by atoms with Gasteiger partial charge >= 0.3 is 5.97 Å². The number of rotatable bonds is 4. The van der Waals surface area contributed by atoms with E-state index in [1.165, 1.54) is 0 Å². The summed E-state index contributed by atoms with van der Waals surface area (Å²) in [6, 6.07) is 6.70. The molecular formula is C12H13NO4. The molecule has 1 aromatic rings. The van der Waals surface area contributed by atoms with Crippen LogP contribution in [-0.2, 0) is 9.59 Å². The van der Waals surface area contributed by atoms with Gasteiger partial charge in [0.1, 0.15) is 0 Å². The van der Waals surface area contributed by atoms with Gasteiger partial charge in [0.2, 0.25) is 5.91 Å². The highest BCUT2D eigenvalue weighted by molar-refractivity contribution is 6.02. The Morgan fingerprint density at radius 2 is 2.06 bits per heavy atom. The Hall–Kier alpha value is -2.14. The summed E-state index contributed by atoms with van der Waals surface area (Å²) in [5.74, 6) is -1.71. The summed E-state index contributed by atoms with van der Waals surface area (Å²) in [5, 5.41) is 20.2. The van der Waals surface area contributed by atoms with Crippen LogP contribution in [0.25, 0.3) is 0 Å². The van der Waals surface area contributed by atoms with Gasteiger partial charge in [0.05, 0.1) is 6.10 Å². The molecule has 0 aliphatic rings. The molecule has 0 saturated carbocycles. The Labute approximate surface area is 98.4 Å². The van der Waals surface area contributed by atoms with Gasteiger partial charge in [0.15, 0.2) is 0 Å². The molecule has 0 heterocycles. The monoisotopic (exact) mass is 235 g/mol. The van der Waals surface area contributed by atoms with Crippen molar-refractivity contribution in [3.8, 4) is 0 Å². The molecule has 5 heteroatoms. The zero-order valence-corrected chi connectivity index (χ0v) is 9.25. The third-order valence-electron chi connectivity index (χ3n) is 2.01. The summed E-state index contributed by atoms with van der Waals surface area (Å²) in [7, 11) is 0. The molecule has 0 unspecified atom stereocenters. The summed E-state index contributed by atoms with van der Waals surface area (Å²) in [4.78, 5) is 21.5. The Morgan fingerprint density at radius 1 is 1.35 bits per heavy atom. The summed E-state index contributed by atoms with van der Waals surface area (Å²) >= 11 is 0. The lowest BCUT2D eigenvalue weighted by Gasteiger charge is -2.07. The fourth-order valence-corrected chi connectivity index (χ4v) is 1.21. The van der Waals surface area contributed by atoms with Crippen molar-refractivity contribution >= 4 is 17.6 Å². The third-order valence-corrected chi connectivity index (χ3v) is 2.01. The number of aliphatic carboxylic acids is 1. The number of carbonyl (C=O) groups excluding carboxylic acids is 1. The Bertz CT molecular complexity index is 452. The van der Waals surface area contributed by atoms with Crippen LogP contribution in [0.2, 0.25) is 0 Å². The molecule has 1 rings (SSSR count). The van der Waals surface area contributed by atoms with Crippen molar-refractivity contribution in [3.63, 3.8) is 0 Å². The molecule has 0 aliphatic heterocycles. The molecular weight excluding hydrogens is 222 g/mol. The van der Waals surface area contributed by atoms with Gasteiger partial charge in [-0.2, -0.15) is 0 Å². The predicted octanol–water partition coefficient (Wildman–Crippen LogP) is 1.32. The van der Waals surface area contributed by atoms with Gasteiger partial charge in [-0.05, 0) is 24.6 Å². The molecule has 0 fully saturated rings. The maximum absolute atomic E-state index is 11.3. The molecule has 17 heavy (non-hydrogen) atoms. The van der Waals surface area contributed by atoms with Crippen molar-refractivity contribution in [1.29, 1.82) is 0 Å². The minimum Gasteiger partial charge on any atom is -0.478 e. The number of benzene rings is 1. The van der Waals surface area contributed by atoms with Crippen molar-refractivity contribution in [1.82, 2.24) is 0 Å². The van der Waals surface area contributed by atoms with Crippen molar-refractivity contribution in [2.45, 2.75) is 13.0 Å². The zero-order chi connectivity index (χ0) is 12.8. The first-order valence-electron chi connectivity index (χ1n) is 4.99. The van der Waals surface area contributed by atoms with Crippen LogP contribution >= 0.6 is 0 Å². The van der Waals surface area contributed by atoms with Crippen LogP contribution in [0.1, 0.15) is 18.6 Å². The molecule has 5 nitrogen and oxygen atoms in total. The van der Waals surface area contributed by atoms with Crippen LogP contribution in [0, 0.1) is 0 Å². The van der Waals surface area contributed by atoms with Crippen molar-refractivity contribution in [2.24, 2.45) is 0 Å². The second-order valence-electron chi connectivity index (χ2n) is 3.46. The van der Waals surface area contributed by atoms with E-state index in [2.05, 4.69) is 5.32 Å². The highest BCUT2D eigenvalue weighted by Crippen LogP contribution is 2.16.